The Hall–Kier alpha value is -0.440. The fraction of sp³-hybridized carbons (Fsp3) is 0.571. The van der Waals surface area contributed by atoms with Gasteiger partial charge in [0.25, 0.3) is 0 Å². The molecular formula is C7H14O2S. The van der Waals surface area contributed by atoms with Crippen molar-refractivity contribution in [2.45, 2.75) is 27.2 Å². The van der Waals surface area contributed by atoms with Crippen molar-refractivity contribution in [1.82, 2.24) is 0 Å². The number of carbonyl (C=O) groups is 1. The van der Waals surface area contributed by atoms with Crippen LogP contribution in [-0.4, -0.2) is 5.97 Å². The highest BCUT2D eigenvalue weighted by Gasteiger charge is 1.89. The number of hydrogen-bond donors (Lipinski definition) is 1. The highest BCUT2D eigenvalue weighted by molar-refractivity contribution is 7.75. The summed E-state index contributed by atoms with van der Waals surface area (Å²) in [5, 5.41) is 0. The Kier molecular flexibility index (Phi) is 13.9. The minimum atomic E-state index is -0.293. The standard InChI is InChI=1S/C4H8.C3H6O2S/c1-3-4-2;1-2-3(4)5-6/h3-4H,1-2H3;6H,2H2,1H3. The zero-order valence-electron chi connectivity index (χ0n) is 6.63. The van der Waals surface area contributed by atoms with E-state index in [0.717, 1.165) is 0 Å². The molecule has 0 aromatic rings. The van der Waals surface area contributed by atoms with Crippen LogP contribution >= 0.6 is 12.9 Å². The number of rotatable bonds is 1. The second-order valence-corrected chi connectivity index (χ2v) is 1.67. The van der Waals surface area contributed by atoms with Gasteiger partial charge in [0.2, 0.25) is 0 Å². The van der Waals surface area contributed by atoms with E-state index in [2.05, 4.69) is 17.1 Å². The number of hydrogen-bond acceptors (Lipinski definition) is 3. The lowest BCUT2D eigenvalue weighted by molar-refractivity contribution is -0.132. The second kappa shape index (κ2) is 11.4. The summed E-state index contributed by atoms with van der Waals surface area (Å²) in [5.74, 6) is -0.293. The maximum Gasteiger partial charge on any atom is 0.317 e. The molecule has 0 fully saturated rings. The van der Waals surface area contributed by atoms with Gasteiger partial charge in [-0.05, 0) is 13.8 Å². The van der Waals surface area contributed by atoms with Crippen molar-refractivity contribution in [2.24, 2.45) is 0 Å². The van der Waals surface area contributed by atoms with Gasteiger partial charge in [-0.1, -0.05) is 19.1 Å². The summed E-state index contributed by atoms with van der Waals surface area (Å²) in [4.78, 5) is 9.88. The van der Waals surface area contributed by atoms with E-state index in [1.54, 1.807) is 6.92 Å². The highest BCUT2D eigenvalue weighted by atomic mass is 32.1. The third-order valence-corrected chi connectivity index (χ3v) is 0.927. The van der Waals surface area contributed by atoms with Crippen LogP contribution in [0.5, 0.6) is 0 Å². The van der Waals surface area contributed by atoms with E-state index in [1.165, 1.54) is 0 Å². The molecule has 0 bridgehead atoms. The van der Waals surface area contributed by atoms with Crippen molar-refractivity contribution in [1.29, 1.82) is 0 Å². The van der Waals surface area contributed by atoms with Crippen molar-refractivity contribution in [3.8, 4) is 0 Å². The Morgan fingerprint density at radius 1 is 1.50 bits per heavy atom. The highest BCUT2D eigenvalue weighted by Crippen LogP contribution is 1.84. The van der Waals surface area contributed by atoms with Crippen molar-refractivity contribution in [2.75, 3.05) is 0 Å². The van der Waals surface area contributed by atoms with Crippen LogP contribution in [0.3, 0.4) is 0 Å². The first kappa shape index (κ1) is 12.3. The van der Waals surface area contributed by atoms with Gasteiger partial charge >= 0.3 is 5.97 Å². The molecule has 0 amide bonds. The predicted molar refractivity (Wildman–Crippen MR) is 45.9 cm³/mol. The fourth-order valence-electron chi connectivity index (χ4n) is 0.0645. The lowest BCUT2D eigenvalue weighted by atomic mass is 10.5. The van der Waals surface area contributed by atoms with Gasteiger partial charge in [-0.2, -0.15) is 0 Å². The van der Waals surface area contributed by atoms with Gasteiger partial charge in [0.05, 0.1) is 0 Å². The topological polar surface area (TPSA) is 26.3 Å². The zero-order chi connectivity index (χ0) is 8.41. The van der Waals surface area contributed by atoms with Gasteiger partial charge in [-0.25, -0.2) is 0 Å². The van der Waals surface area contributed by atoms with Crippen LogP contribution in [0.15, 0.2) is 12.2 Å². The molecule has 0 spiro atoms. The minimum Gasteiger partial charge on any atom is -0.395 e. The molecule has 0 heterocycles. The van der Waals surface area contributed by atoms with E-state index in [9.17, 15) is 4.79 Å². The number of carbonyl (C=O) groups excluding carboxylic acids is 1. The van der Waals surface area contributed by atoms with Gasteiger partial charge in [-0.15, -0.1) is 0 Å². The molecule has 0 aliphatic carbocycles. The first-order chi connectivity index (χ1) is 4.72. The van der Waals surface area contributed by atoms with Gasteiger partial charge in [0.1, 0.15) is 0 Å². The van der Waals surface area contributed by atoms with Gasteiger partial charge in [0, 0.05) is 19.3 Å². The molecule has 0 unspecified atom stereocenters. The quantitative estimate of drug-likeness (QED) is 0.364. The lowest BCUT2D eigenvalue weighted by Gasteiger charge is -1.84. The largest absolute Gasteiger partial charge is 0.395 e. The summed E-state index contributed by atoms with van der Waals surface area (Å²) >= 11 is 3.25. The van der Waals surface area contributed by atoms with Gasteiger partial charge in [0.15, 0.2) is 0 Å². The summed E-state index contributed by atoms with van der Waals surface area (Å²) in [6.07, 6.45) is 4.39. The molecule has 2 nitrogen and oxygen atoms in total. The van der Waals surface area contributed by atoms with E-state index >= 15 is 0 Å². The smallest absolute Gasteiger partial charge is 0.317 e. The van der Waals surface area contributed by atoms with Crippen LogP contribution < -0.4 is 0 Å². The Morgan fingerprint density at radius 2 is 1.90 bits per heavy atom. The monoisotopic (exact) mass is 162 g/mol. The van der Waals surface area contributed by atoms with E-state index in [-0.39, 0.29) is 5.97 Å². The van der Waals surface area contributed by atoms with Gasteiger partial charge in [-0.3, -0.25) is 4.79 Å². The summed E-state index contributed by atoms with van der Waals surface area (Å²) in [6, 6.07) is 0. The van der Waals surface area contributed by atoms with E-state index in [4.69, 9.17) is 0 Å². The Balaban J connectivity index is 0. The van der Waals surface area contributed by atoms with Crippen LogP contribution in [0.4, 0.5) is 0 Å². The predicted octanol–water partition coefficient (Wildman–Crippen LogP) is 2.37. The summed E-state index contributed by atoms with van der Waals surface area (Å²) in [6.45, 7) is 5.71. The normalized spacial score (nSPS) is 8.40. The average Bonchev–Trinajstić information content (AvgIpc) is 2.03. The molecule has 0 N–H and O–H groups in total. The molecule has 0 aromatic carbocycles. The van der Waals surface area contributed by atoms with Crippen LogP contribution in [0.2, 0.25) is 0 Å². The zero-order valence-corrected chi connectivity index (χ0v) is 7.52. The van der Waals surface area contributed by atoms with Crippen LogP contribution in [0, 0.1) is 0 Å². The third-order valence-electron chi connectivity index (χ3n) is 0.724. The Morgan fingerprint density at radius 3 is 1.90 bits per heavy atom. The van der Waals surface area contributed by atoms with Crippen molar-refractivity contribution in [3.63, 3.8) is 0 Å². The van der Waals surface area contributed by atoms with Crippen molar-refractivity contribution >= 4 is 18.9 Å². The molecule has 0 aliphatic heterocycles. The van der Waals surface area contributed by atoms with Crippen LogP contribution in [0.25, 0.3) is 0 Å². The van der Waals surface area contributed by atoms with Crippen LogP contribution in [0.1, 0.15) is 27.2 Å². The molecule has 0 saturated heterocycles. The SMILES string of the molecule is CC=CC.CCC(=O)OS. The molecule has 0 aromatic heterocycles. The molecule has 60 valence electrons. The summed E-state index contributed by atoms with van der Waals surface area (Å²) < 4.78 is 3.95. The number of allylic oxidation sites excluding steroid dienone is 2. The minimum absolute atomic E-state index is 0.293. The molecular weight excluding hydrogens is 148 g/mol. The van der Waals surface area contributed by atoms with Crippen LogP contribution in [-0.2, 0) is 8.98 Å². The molecule has 0 radical (unpaired) electrons. The van der Waals surface area contributed by atoms with Crippen molar-refractivity contribution in [3.05, 3.63) is 12.2 Å². The molecule has 0 aliphatic rings. The first-order valence-electron chi connectivity index (χ1n) is 3.14. The Bertz CT molecular complexity index is 89.8. The summed E-state index contributed by atoms with van der Waals surface area (Å²) in [7, 11) is 0. The third kappa shape index (κ3) is 15.6. The molecule has 0 saturated carbocycles. The Labute approximate surface area is 67.9 Å². The molecule has 0 rings (SSSR count). The lowest BCUT2D eigenvalue weighted by Crippen LogP contribution is -1.90. The average molecular weight is 162 g/mol. The van der Waals surface area contributed by atoms with E-state index < -0.39 is 0 Å². The number of thiol groups is 1. The maximum atomic E-state index is 9.88. The van der Waals surface area contributed by atoms with E-state index in [1.807, 2.05) is 26.0 Å². The summed E-state index contributed by atoms with van der Waals surface area (Å²) in [5.41, 5.74) is 0. The fourth-order valence-corrected chi connectivity index (χ4v) is 0.194. The molecule has 0 atom stereocenters. The second-order valence-electron chi connectivity index (χ2n) is 1.48. The first-order valence-corrected chi connectivity index (χ1v) is 3.50. The van der Waals surface area contributed by atoms with Crippen molar-refractivity contribution < 1.29 is 8.98 Å². The molecule has 3 heteroatoms. The molecule has 10 heavy (non-hydrogen) atoms. The van der Waals surface area contributed by atoms with Gasteiger partial charge < -0.3 is 4.18 Å². The van der Waals surface area contributed by atoms with E-state index in [0.29, 0.717) is 6.42 Å². The maximum absolute atomic E-state index is 9.88.